The highest BCUT2D eigenvalue weighted by Gasteiger charge is 2.42. The molecule has 2 aliphatic heterocycles. The minimum Gasteiger partial charge on any atom is -0.370 e. The summed E-state index contributed by atoms with van der Waals surface area (Å²) in [6.07, 6.45) is 12.6. The quantitative estimate of drug-likeness (QED) is 0.442. The van der Waals surface area contributed by atoms with Crippen LogP contribution >= 0.6 is 0 Å². The molecule has 2 aliphatic rings. The van der Waals surface area contributed by atoms with E-state index in [2.05, 4.69) is 13.8 Å². The van der Waals surface area contributed by atoms with E-state index in [4.69, 9.17) is 9.47 Å². The Morgan fingerprint density at radius 1 is 0.625 bits per heavy atom. The molecule has 2 rings (SSSR count). The molecule has 0 spiro atoms. The Bertz CT molecular complexity index is 205. The number of epoxide rings is 2. The molecule has 0 aliphatic carbocycles. The van der Waals surface area contributed by atoms with Crippen LogP contribution in [0.2, 0.25) is 0 Å². The van der Waals surface area contributed by atoms with E-state index >= 15 is 0 Å². The molecular formula is C14H26O2. The van der Waals surface area contributed by atoms with Crippen LogP contribution in [0.15, 0.2) is 0 Å². The molecule has 94 valence electrons. The fraction of sp³-hybridized carbons (Fsp3) is 1.00. The van der Waals surface area contributed by atoms with Crippen molar-refractivity contribution < 1.29 is 9.47 Å². The van der Waals surface area contributed by atoms with Gasteiger partial charge in [0, 0.05) is 0 Å². The third-order valence-electron chi connectivity index (χ3n) is 3.78. The molecule has 2 fully saturated rings. The van der Waals surface area contributed by atoms with E-state index in [9.17, 15) is 0 Å². The molecule has 2 heteroatoms. The van der Waals surface area contributed by atoms with E-state index in [0.717, 1.165) is 0 Å². The van der Waals surface area contributed by atoms with Gasteiger partial charge in [-0.1, -0.05) is 39.5 Å². The second-order valence-corrected chi connectivity index (χ2v) is 5.29. The van der Waals surface area contributed by atoms with E-state index < -0.39 is 0 Å². The zero-order valence-corrected chi connectivity index (χ0v) is 10.8. The monoisotopic (exact) mass is 226 g/mol. The van der Waals surface area contributed by atoms with Crippen molar-refractivity contribution in [3.05, 3.63) is 0 Å². The molecule has 0 N–H and O–H groups in total. The first-order valence-electron chi connectivity index (χ1n) is 7.16. The van der Waals surface area contributed by atoms with Gasteiger partial charge in [0.15, 0.2) is 0 Å². The highest BCUT2D eigenvalue weighted by molar-refractivity contribution is 4.90. The van der Waals surface area contributed by atoms with Gasteiger partial charge in [0.05, 0.1) is 24.4 Å². The Labute approximate surface area is 99.7 Å². The van der Waals surface area contributed by atoms with Crippen molar-refractivity contribution in [3.63, 3.8) is 0 Å². The Morgan fingerprint density at radius 2 is 1.19 bits per heavy atom. The molecule has 0 aromatic carbocycles. The summed E-state index contributed by atoms with van der Waals surface area (Å²) in [5.41, 5.74) is 0. The minimum atomic E-state index is 0.570. The zero-order valence-electron chi connectivity index (χ0n) is 10.8. The number of rotatable bonds is 9. The summed E-state index contributed by atoms with van der Waals surface area (Å²) in [4.78, 5) is 0. The zero-order chi connectivity index (χ0) is 11.4. The lowest BCUT2D eigenvalue weighted by Gasteiger charge is -1.95. The highest BCUT2D eigenvalue weighted by Crippen LogP contribution is 2.36. The van der Waals surface area contributed by atoms with Crippen molar-refractivity contribution in [1.29, 1.82) is 0 Å². The topological polar surface area (TPSA) is 25.1 Å². The van der Waals surface area contributed by atoms with Crippen molar-refractivity contribution >= 4 is 0 Å². The molecule has 4 unspecified atom stereocenters. The molecule has 0 radical (unpaired) electrons. The summed E-state index contributed by atoms with van der Waals surface area (Å²) < 4.78 is 11.3. The minimum absolute atomic E-state index is 0.570. The van der Waals surface area contributed by atoms with Crippen LogP contribution in [-0.4, -0.2) is 24.4 Å². The predicted octanol–water partition coefficient (Wildman–Crippen LogP) is 3.68. The normalized spacial score (nSPS) is 36.4. The van der Waals surface area contributed by atoms with Crippen LogP contribution in [0.5, 0.6) is 0 Å². The largest absolute Gasteiger partial charge is 0.370 e. The second kappa shape index (κ2) is 6.02. The molecule has 0 saturated carbocycles. The van der Waals surface area contributed by atoms with E-state index in [-0.39, 0.29) is 0 Å². The van der Waals surface area contributed by atoms with Gasteiger partial charge in [0.1, 0.15) is 0 Å². The van der Waals surface area contributed by atoms with Crippen LogP contribution in [0, 0.1) is 0 Å². The van der Waals surface area contributed by atoms with E-state index in [1.54, 1.807) is 0 Å². The third-order valence-corrected chi connectivity index (χ3v) is 3.78. The maximum Gasteiger partial charge on any atom is 0.0842 e. The molecule has 2 saturated heterocycles. The van der Waals surface area contributed by atoms with Gasteiger partial charge in [-0.25, -0.2) is 0 Å². The van der Waals surface area contributed by atoms with Gasteiger partial charge in [0.25, 0.3) is 0 Å². The van der Waals surface area contributed by atoms with Crippen LogP contribution in [0.1, 0.15) is 65.2 Å². The standard InChI is InChI=1S/C14H26O2/c1-3-5-6-8-12-14(16-12)10-9-13-11(15-13)7-4-2/h11-14H,3-10H2,1-2H3. The van der Waals surface area contributed by atoms with E-state index in [1.807, 2.05) is 0 Å². The number of hydrogen-bond donors (Lipinski definition) is 0. The average Bonchev–Trinajstić information content (AvgIpc) is 3.14. The molecule has 4 atom stereocenters. The van der Waals surface area contributed by atoms with Crippen molar-refractivity contribution in [2.45, 2.75) is 89.6 Å². The van der Waals surface area contributed by atoms with Gasteiger partial charge in [0.2, 0.25) is 0 Å². The highest BCUT2D eigenvalue weighted by atomic mass is 16.6. The molecule has 0 bridgehead atoms. The first-order valence-corrected chi connectivity index (χ1v) is 7.16. The SMILES string of the molecule is CCCCCC1OC1CCC1OC1CCC. The molecule has 0 aromatic heterocycles. The average molecular weight is 226 g/mol. The lowest BCUT2D eigenvalue weighted by Crippen LogP contribution is -1.99. The van der Waals surface area contributed by atoms with Gasteiger partial charge in [-0.05, 0) is 25.7 Å². The molecular weight excluding hydrogens is 200 g/mol. The number of hydrogen-bond acceptors (Lipinski definition) is 2. The van der Waals surface area contributed by atoms with E-state index in [1.165, 1.54) is 51.4 Å². The maximum atomic E-state index is 5.68. The Balaban J connectivity index is 1.44. The summed E-state index contributed by atoms with van der Waals surface area (Å²) in [6, 6.07) is 0. The Morgan fingerprint density at radius 3 is 1.75 bits per heavy atom. The number of ether oxygens (including phenoxy) is 2. The fourth-order valence-corrected chi connectivity index (χ4v) is 2.58. The summed E-state index contributed by atoms with van der Waals surface area (Å²) >= 11 is 0. The lowest BCUT2D eigenvalue weighted by molar-refractivity contribution is 0.328. The summed E-state index contributed by atoms with van der Waals surface area (Å²) in [5.74, 6) is 0. The van der Waals surface area contributed by atoms with Gasteiger partial charge in [-0.15, -0.1) is 0 Å². The van der Waals surface area contributed by atoms with Crippen LogP contribution in [0.4, 0.5) is 0 Å². The van der Waals surface area contributed by atoms with Crippen molar-refractivity contribution in [3.8, 4) is 0 Å². The smallest absolute Gasteiger partial charge is 0.0842 e. The molecule has 16 heavy (non-hydrogen) atoms. The van der Waals surface area contributed by atoms with Crippen LogP contribution in [-0.2, 0) is 9.47 Å². The summed E-state index contributed by atoms with van der Waals surface area (Å²) in [7, 11) is 0. The second-order valence-electron chi connectivity index (χ2n) is 5.29. The van der Waals surface area contributed by atoms with Crippen molar-refractivity contribution in [2.75, 3.05) is 0 Å². The lowest BCUT2D eigenvalue weighted by atomic mass is 10.1. The van der Waals surface area contributed by atoms with Crippen LogP contribution < -0.4 is 0 Å². The Hall–Kier alpha value is -0.0800. The van der Waals surface area contributed by atoms with Gasteiger partial charge >= 0.3 is 0 Å². The molecule has 0 aromatic rings. The first kappa shape index (κ1) is 12.4. The number of unbranched alkanes of at least 4 members (excludes halogenated alkanes) is 2. The molecule has 2 nitrogen and oxygen atoms in total. The summed E-state index contributed by atoms with van der Waals surface area (Å²) in [5, 5.41) is 0. The van der Waals surface area contributed by atoms with Crippen molar-refractivity contribution in [1.82, 2.24) is 0 Å². The van der Waals surface area contributed by atoms with Crippen molar-refractivity contribution in [2.24, 2.45) is 0 Å². The summed E-state index contributed by atoms with van der Waals surface area (Å²) in [6.45, 7) is 4.48. The molecule has 0 amide bonds. The predicted molar refractivity (Wildman–Crippen MR) is 65.6 cm³/mol. The third kappa shape index (κ3) is 3.74. The van der Waals surface area contributed by atoms with Crippen LogP contribution in [0.25, 0.3) is 0 Å². The maximum absolute atomic E-state index is 5.68. The first-order chi connectivity index (χ1) is 7.85. The van der Waals surface area contributed by atoms with Gasteiger partial charge in [-0.2, -0.15) is 0 Å². The van der Waals surface area contributed by atoms with Crippen LogP contribution in [0.3, 0.4) is 0 Å². The van der Waals surface area contributed by atoms with Gasteiger partial charge < -0.3 is 9.47 Å². The van der Waals surface area contributed by atoms with E-state index in [0.29, 0.717) is 24.4 Å². The Kier molecular flexibility index (Phi) is 4.66. The fourth-order valence-electron chi connectivity index (χ4n) is 2.58. The van der Waals surface area contributed by atoms with Gasteiger partial charge in [-0.3, -0.25) is 0 Å². The molecule has 2 heterocycles.